The summed E-state index contributed by atoms with van der Waals surface area (Å²) in [6.07, 6.45) is 3.77. The van der Waals surface area contributed by atoms with Crippen LogP contribution in [0.2, 0.25) is 0 Å². The first-order valence-electron chi connectivity index (χ1n) is 9.83. The molecule has 0 saturated carbocycles. The molecule has 1 aliphatic heterocycles. The number of nitrogens with one attached hydrogen (secondary N) is 1. The lowest BCUT2D eigenvalue weighted by Gasteiger charge is -2.17. The maximum Gasteiger partial charge on any atom is 0.261 e. The predicted molar refractivity (Wildman–Crippen MR) is 119 cm³/mol. The lowest BCUT2D eigenvalue weighted by atomic mass is 10.1. The maximum absolute atomic E-state index is 12.9. The van der Waals surface area contributed by atoms with Crippen LogP contribution < -0.4 is 9.62 Å². The second-order valence-corrected chi connectivity index (χ2v) is 9.25. The highest BCUT2D eigenvalue weighted by Crippen LogP contribution is 2.26. The Morgan fingerprint density at radius 1 is 1.00 bits per heavy atom. The van der Waals surface area contributed by atoms with E-state index in [9.17, 15) is 13.2 Å². The molecule has 156 valence electrons. The normalized spacial score (nSPS) is 15.3. The first kappa shape index (κ1) is 19.3. The Labute approximate surface area is 179 Å². The van der Waals surface area contributed by atoms with Crippen molar-refractivity contribution in [3.05, 3.63) is 78.6 Å². The third-order valence-electron chi connectivity index (χ3n) is 5.23. The molecule has 4 aromatic rings. The summed E-state index contributed by atoms with van der Waals surface area (Å²) < 4.78 is 27.2. The minimum atomic E-state index is -3.24. The van der Waals surface area contributed by atoms with Crippen molar-refractivity contribution in [1.29, 1.82) is 0 Å². The molecule has 3 heterocycles. The van der Waals surface area contributed by atoms with Crippen LogP contribution in [0.3, 0.4) is 0 Å². The molecular formula is C22H19N5O3S. The molecule has 5 rings (SSSR count). The van der Waals surface area contributed by atoms with Crippen molar-refractivity contribution in [2.24, 2.45) is 0 Å². The van der Waals surface area contributed by atoms with Crippen LogP contribution in [0.25, 0.3) is 16.9 Å². The number of sulfonamides is 1. The summed E-state index contributed by atoms with van der Waals surface area (Å²) in [7, 11) is -3.24. The highest BCUT2D eigenvalue weighted by atomic mass is 32.2. The molecule has 1 amide bonds. The van der Waals surface area contributed by atoms with Crippen molar-refractivity contribution in [2.45, 2.75) is 6.42 Å². The van der Waals surface area contributed by atoms with E-state index in [0.717, 1.165) is 11.3 Å². The number of carbonyl (C=O) groups excluding carboxylic acids is 1. The van der Waals surface area contributed by atoms with E-state index >= 15 is 0 Å². The van der Waals surface area contributed by atoms with Gasteiger partial charge in [0.25, 0.3) is 5.91 Å². The van der Waals surface area contributed by atoms with Crippen LogP contribution in [0.15, 0.2) is 73.1 Å². The number of aromatic nitrogens is 3. The number of carbonyl (C=O) groups is 1. The second kappa shape index (κ2) is 7.51. The van der Waals surface area contributed by atoms with Crippen molar-refractivity contribution in [2.75, 3.05) is 21.9 Å². The number of benzene rings is 2. The van der Waals surface area contributed by atoms with E-state index in [1.807, 2.05) is 36.4 Å². The van der Waals surface area contributed by atoms with E-state index in [1.165, 1.54) is 10.5 Å². The van der Waals surface area contributed by atoms with Crippen LogP contribution in [-0.2, 0) is 10.0 Å². The van der Waals surface area contributed by atoms with Crippen molar-refractivity contribution in [3.8, 4) is 11.3 Å². The van der Waals surface area contributed by atoms with Crippen LogP contribution in [-0.4, -0.2) is 41.2 Å². The molecule has 2 aromatic carbocycles. The van der Waals surface area contributed by atoms with Crippen molar-refractivity contribution in [3.63, 3.8) is 0 Å². The number of hydrogen-bond acceptors (Lipinski definition) is 5. The van der Waals surface area contributed by atoms with Gasteiger partial charge in [-0.2, -0.15) is 5.10 Å². The Balaban J connectivity index is 1.40. The zero-order chi connectivity index (χ0) is 21.4. The first-order valence-corrected chi connectivity index (χ1v) is 11.4. The highest BCUT2D eigenvalue weighted by molar-refractivity contribution is 7.93. The Kier molecular flexibility index (Phi) is 4.67. The second-order valence-electron chi connectivity index (χ2n) is 7.23. The average molecular weight is 433 g/mol. The van der Waals surface area contributed by atoms with Gasteiger partial charge in [0, 0.05) is 24.0 Å². The zero-order valence-corrected chi connectivity index (χ0v) is 17.3. The Morgan fingerprint density at radius 3 is 2.48 bits per heavy atom. The quantitative estimate of drug-likeness (QED) is 0.533. The molecule has 0 spiro atoms. The Hall–Kier alpha value is -3.72. The van der Waals surface area contributed by atoms with Gasteiger partial charge in [0.15, 0.2) is 5.65 Å². The van der Waals surface area contributed by atoms with Gasteiger partial charge in [-0.3, -0.25) is 9.10 Å². The molecule has 1 aliphatic rings. The molecule has 2 aromatic heterocycles. The van der Waals surface area contributed by atoms with Gasteiger partial charge in [-0.05, 0) is 36.8 Å². The number of amides is 1. The lowest BCUT2D eigenvalue weighted by Crippen LogP contribution is -2.24. The van der Waals surface area contributed by atoms with Crippen molar-refractivity contribution >= 4 is 33.0 Å². The number of anilines is 2. The number of fused-ring (bicyclic) bond motifs is 1. The van der Waals surface area contributed by atoms with E-state index in [4.69, 9.17) is 0 Å². The fraction of sp³-hybridized carbons (Fsp3) is 0.136. The summed E-state index contributed by atoms with van der Waals surface area (Å²) in [5.74, 6) is -0.174. The van der Waals surface area contributed by atoms with Gasteiger partial charge in [0.2, 0.25) is 10.0 Å². The molecule has 8 nitrogen and oxygen atoms in total. The van der Waals surface area contributed by atoms with E-state index in [2.05, 4.69) is 15.4 Å². The lowest BCUT2D eigenvalue weighted by molar-refractivity contribution is 0.102. The van der Waals surface area contributed by atoms with E-state index < -0.39 is 10.0 Å². The van der Waals surface area contributed by atoms with Crippen LogP contribution >= 0.6 is 0 Å². The van der Waals surface area contributed by atoms with Crippen LogP contribution in [0.5, 0.6) is 0 Å². The summed E-state index contributed by atoms with van der Waals surface area (Å²) in [6.45, 7) is 0.478. The van der Waals surface area contributed by atoms with Gasteiger partial charge < -0.3 is 5.32 Å². The fourth-order valence-electron chi connectivity index (χ4n) is 3.72. The molecule has 0 aliphatic carbocycles. The SMILES string of the molecule is O=C(Nc1ccc(N2CCCS2(=O)=O)cc1)c1cnn2c(-c3ccccc3)ccnc12. The van der Waals surface area contributed by atoms with Gasteiger partial charge in [0.05, 0.1) is 23.3 Å². The average Bonchev–Trinajstić information content (AvgIpc) is 3.37. The molecule has 1 fully saturated rings. The number of rotatable bonds is 4. The molecule has 1 N–H and O–H groups in total. The topological polar surface area (TPSA) is 96.7 Å². The van der Waals surface area contributed by atoms with Gasteiger partial charge >= 0.3 is 0 Å². The monoisotopic (exact) mass is 433 g/mol. The minimum absolute atomic E-state index is 0.165. The third kappa shape index (κ3) is 3.53. The standard InChI is InChI=1S/C22H19N5O3S/c28-22(25-17-7-9-18(10-8-17)26-13-4-14-31(26,29)30)19-15-24-27-20(11-12-23-21(19)27)16-5-2-1-3-6-16/h1-3,5-12,15H,4,13-14H2,(H,25,28). The Morgan fingerprint density at radius 2 is 1.77 bits per heavy atom. The fourth-order valence-corrected chi connectivity index (χ4v) is 5.28. The maximum atomic E-state index is 12.9. The highest BCUT2D eigenvalue weighted by Gasteiger charge is 2.28. The Bertz CT molecular complexity index is 1370. The smallest absolute Gasteiger partial charge is 0.261 e. The van der Waals surface area contributed by atoms with Crippen LogP contribution in [0, 0.1) is 0 Å². The van der Waals surface area contributed by atoms with E-state index in [0.29, 0.717) is 35.6 Å². The predicted octanol–water partition coefficient (Wildman–Crippen LogP) is 3.19. The van der Waals surface area contributed by atoms with Gasteiger partial charge in [0.1, 0.15) is 5.56 Å². The molecule has 0 radical (unpaired) electrons. The molecule has 9 heteroatoms. The summed E-state index contributed by atoms with van der Waals surface area (Å²) in [5, 5.41) is 7.19. The molecule has 31 heavy (non-hydrogen) atoms. The molecular weight excluding hydrogens is 414 g/mol. The first-order chi connectivity index (χ1) is 15.0. The zero-order valence-electron chi connectivity index (χ0n) is 16.5. The van der Waals surface area contributed by atoms with E-state index in [1.54, 1.807) is 35.0 Å². The summed E-state index contributed by atoms with van der Waals surface area (Å²) in [4.78, 5) is 17.2. The van der Waals surface area contributed by atoms with Gasteiger partial charge in [-0.15, -0.1) is 0 Å². The summed E-state index contributed by atoms with van der Waals surface area (Å²) in [6, 6.07) is 18.4. The molecule has 0 unspecified atom stereocenters. The van der Waals surface area contributed by atoms with Crippen LogP contribution in [0.4, 0.5) is 11.4 Å². The van der Waals surface area contributed by atoms with Crippen molar-refractivity contribution in [1.82, 2.24) is 14.6 Å². The third-order valence-corrected chi connectivity index (χ3v) is 7.10. The largest absolute Gasteiger partial charge is 0.322 e. The molecule has 0 bridgehead atoms. The number of nitrogens with zero attached hydrogens (tertiary/aromatic N) is 4. The summed E-state index contributed by atoms with van der Waals surface area (Å²) in [5.41, 5.74) is 3.77. The van der Waals surface area contributed by atoms with Crippen molar-refractivity contribution < 1.29 is 13.2 Å². The minimum Gasteiger partial charge on any atom is -0.322 e. The van der Waals surface area contributed by atoms with Gasteiger partial charge in [-0.1, -0.05) is 30.3 Å². The molecule has 1 saturated heterocycles. The molecule has 0 atom stereocenters. The summed E-state index contributed by atoms with van der Waals surface area (Å²) >= 11 is 0. The number of hydrogen-bond donors (Lipinski definition) is 1. The van der Waals surface area contributed by atoms with Crippen LogP contribution in [0.1, 0.15) is 16.8 Å². The van der Waals surface area contributed by atoms with E-state index in [-0.39, 0.29) is 11.7 Å². The van der Waals surface area contributed by atoms with Gasteiger partial charge in [-0.25, -0.2) is 17.9 Å².